The van der Waals surface area contributed by atoms with Crippen molar-refractivity contribution in [2.75, 3.05) is 6.61 Å². The van der Waals surface area contributed by atoms with Crippen LogP contribution >= 0.6 is 0 Å². The number of hydrogen-bond acceptors (Lipinski definition) is 6. The lowest BCUT2D eigenvalue weighted by Crippen LogP contribution is -2.55. The van der Waals surface area contributed by atoms with Gasteiger partial charge in [0.2, 0.25) is 0 Å². The van der Waals surface area contributed by atoms with Crippen LogP contribution in [0.25, 0.3) is 0 Å². The molecule has 0 spiro atoms. The molecule has 4 rings (SSSR count). The number of aliphatic hydroxyl groups is 5. The van der Waals surface area contributed by atoms with Gasteiger partial charge in [0.05, 0.1) is 12.2 Å². The fraction of sp³-hybridized carbons (Fsp3) is 0.520. The topological polar surface area (TPSA) is 110 Å². The molecule has 1 aliphatic carbocycles. The highest BCUT2D eigenvalue weighted by Gasteiger charge is 2.44. The van der Waals surface area contributed by atoms with Gasteiger partial charge in [0.15, 0.2) is 0 Å². The molecule has 1 saturated carbocycles. The van der Waals surface area contributed by atoms with Gasteiger partial charge in [-0.2, -0.15) is 0 Å². The number of hydrogen-bond donors (Lipinski definition) is 5. The number of aliphatic hydroxyl groups excluding tert-OH is 4. The maximum atomic E-state index is 10.5. The molecular formula is C25H32O6. The lowest BCUT2D eigenvalue weighted by Gasteiger charge is -2.40. The molecule has 1 aliphatic heterocycles. The predicted molar refractivity (Wildman–Crippen MR) is 116 cm³/mol. The second kappa shape index (κ2) is 8.62. The smallest absolute Gasteiger partial charge is 0.113 e. The lowest BCUT2D eigenvalue weighted by atomic mass is 9.88. The maximum absolute atomic E-state index is 10.5. The monoisotopic (exact) mass is 428 g/mol. The minimum absolute atomic E-state index is 0.442. The Bertz CT molecular complexity index is 897. The van der Waals surface area contributed by atoms with Gasteiger partial charge in [-0.05, 0) is 66.8 Å². The predicted octanol–water partition coefficient (Wildman–Crippen LogP) is 1.90. The third-order valence-corrected chi connectivity index (χ3v) is 6.46. The number of benzene rings is 2. The summed E-state index contributed by atoms with van der Waals surface area (Å²) in [7, 11) is 0. The van der Waals surface area contributed by atoms with E-state index in [1.165, 1.54) is 5.56 Å². The highest BCUT2D eigenvalue weighted by atomic mass is 16.5. The Hall–Kier alpha value is -1.80. The molecule has 6 heteroatoms. The lowest BCUT2D eigenvalue weighted by molar-refractivity contribution is -0.231. The summed E-state index contributed by atoms with van der Waals surface area (Å²) in [6.07, 6.45) is -2.79. The highest BCUT2D eigenvalue weighted by Crippen LogP contribution is 2.43. The summed E-state index contributed by atoms with van der Waals surface area (Å²) < 4.78 is 5.75. The van der Waals surface area contributed by atoms with Gasteiger partial charge in [0.1, 0.15) is 30.5 Å². The van der Waals surface area contributed by atoms with E-state index in [-0.39, 0.29) is 0 Å². The van der Waals surface area contributed by atoms with Crippen molar-refractivity contribution in [1.29, 1.82) is 0 Å². The highest BCUT2D eigenvalue weighted by molar-refractivity contribution is 5.41. The summed E-state index contributed by atoms with van der Waals surface area (Å²) in [6.45, 7) is 3.08. The van der Waals surface area contributed by atoms with Crippen molar-refractivity contribution in [2.45, 2.75) is 75.1 Å². The average molecular weight is 429 g/mol. The molecule has 2 aliphatic rings. The van der Waals surface area contributed by atoms with Crippen molar-refractivity contribution in [1.82, 2.24) is 0 Å². The van der Waals surface area contributed by atoms with Crippen molar-refractivity contribution >= 4 is 0 Å². The van der Waals surface area contributed by atoms with Crippen LogP contribution in [0.3, 0.4) is 0 Å². The summed E-state index contributed by atoms with van der Waals surface area (Å²) in [5, 5.41) is 50.4. The second-order valence-electron chi connectivity index (χ2n) is 9.41. The van der Waals surface area contributed by atoms with Crippen molar-refractivity contribution in [3.8, 4) is 0 Å². The minimum Gasteiger partial charge on any atom is -0.394 e. The molecule has 1 heterocycles. The van der Waals surface area contributed by atoms with E-state index < -0.39 is 42.7 Å². The zero-order valence-electron chi connectivity index (χ0n) is 18.0. The molecule has 0 amide bonds. The molecule has 6 nitrogen and oxygen atoms in total. The molecule has 31 heavy (non-hydrogen) atoms. The Balaban J connectivity index is 1.63. The van der Waals surface area contributed by atoms with Gasteiger partial charge < -0.3 is 30.3 Å². The van der Waals surface area contributed by atoms with E-state index in [0.717, 1.165) is 29.5 Å². The maximum Gasteiger partial charge on any atom is 0.113 e. The normalized spacial score (nSPS) is 29.2. The largest absolute Gasteiger partial charge is 0.394 e. The summed E-state index contributed by atoms with van der Waals surface area (Å²) in [6, 6.07) is 13.9. The minimum atomic E-state index is -1.39. The fourth-order valence-electron chi connectivity index (χ4n) is 4.38. The van der Waals surface area contributed by atoms with Gasteiger partial charge in [-0.1, -0.05) is 42.5 Å². The van der Waals surface area contributed by atoms with Crippen molar-refractivity contribution in [3.63, 3.8) is 0 Å². The molecule has 2 aromatic rings. The molecule has 0 unspecified atom stereocenters. The molecule has 1 saturated heterocycles. The fourth-order valence-corrected chi connectivity index (χ4v) is 4.38. The summed E-state index contributed by atoms with van der Waals surface area (Å²) in [5.74, 6) is 0.537. The van der Waals surface area contributed by atoms with E-state index >= 15 is 0 Å². The first kappa shape index (κ1) is 22.4. The number of rotatable bonds is 6. The molecule has 2 fully saturated rings. The van der Waals surface area contributed by atoms with Gasteiger partial charge in [0, 0.05) is 0 Å². The molecular weight excluding hydrogens is 396 g/mol. The van der Waals surface area contributed by atoms with E-state index in [0.29, 0.717) is 17.9 Å². The molecule has 5 N–H and O–H groups in total. The quantitative estimate of drug-likeness (QED) is 0.481. The van der Waals surface area contributed by atoms with E-state index in [2.05, 4.69) is 6.07 Å². The van der Waals surface area contributed by atoms with Crippen LogP contribution in [0.15, 0.2) is 42.5 Å². The van der Waals surface area contributed by atoms with Crippen LogP contribution in [-0.2, 0) is 16.8 Å². The number of ether oxygens (including phenoxy) is 1. The van der Waals surface area contributed by atoms with Crippen LogP contribution in [0.5, 0.6) is 0 Å². The third kappa shape index (κ3) is 4.70. The van der Waals surface area contributed by atoms with Crippen LogP contribution in [-0.4, -0.2) is 56.6 Å². The van der Waals surface area contributed by atoms with Crippen LogP contribution in [0, 0.1) is 0 Å². The van der Waals surface area contributed by atoms with Gasteiger partial charge in [-0.15, -0.1) is 0 Å². The molecule has 0 bridgehead atoms. The van der Waals surface area contributed by atoms with Crippen LogP contribution in [0.2, 0.25) is 0 Å². The zero-order chi connectivity index (χ0) is 22.3. The first-order chi connectivity index (χ1) is 14.7. The molecule has 2 aromatic carbocycles. The summed E-state index contributed by atoms with van der Waals surface area (Å²) >= 11 is 0. The van der Waals surface area contributed by atoms with Crippen molar-refractivity contribution < 1.29 is 30.3 Å². The van der Waals surface area contributed by atoms with Crippen LogP contribution in [0.1, 0.15) is 66.5 Å². The molecule has 0 radical (unpaired) electrons. The Morgan fingerprint density at radius 1 is 0.935 bits per heavy atom. The molecule has 5 atom stereocenters. The Labute approximate surface area is 182 Å². The first-order valence-corrected chi connectivity index (χ1v) is 10.9. The van der Waals surface area contributed by atoms with E-state index in [1.54, 1.807) is 13.8 Å². The second-order valence-corrected chi connectivity index (χ2v) is 9.41. The van der Waals surface area contributed by atoms with E-state index in [1.807, 2.05) is 36.4 Å². The van der Waals surface area contributed by atoms with Crippen LogP contribution in [0.4, 0.5) is 0 Å². The third-order valence-electron chi connectivity index (χ3n) is 6.46. The Kier molecular flexibility index (Phi) is 6.23. The van der Waals surface area contributed by atoms with Gasteiger partial charge in [-0.25, -0.2) is 0 Å². The Morgan fingerprint density at radius 2 is 1.61 bits per heavy atom. The van der Waals surface area contributed by atoms with Crippen LogP contribution < -0.4 is 0 Å². The molecule has 168 valence electrons. The van der Waals surface area contributed by atoms with Gasteiger partial charge in [0.25, 0.3) is 0 Å². The molecule has 0 aromatic heterocycles. The van der Waals surface area contributed by atoms with Crippen molar-refractivity contribution in [3.05, 3.63) is 70.3 Å². The first-order valence-electron chi connectivity index (χ1n) is 10.9. The zero-order valence-corrected chi connectivity index (χ0v) is 18.0. The SMILES string of the molecule is CC(C)(O)c1ccc(Cc2cc([C@@H]3O[C@H](CO)[C@@H](O)[C@H](O)[C@H]3O)ccc2C2CC2)cc1. The average Bonchev–Trinajstić information content (AvgIpc) is 3.57. The van der Waals surface area contributed by atoms with E-state index in [9.17, 15) is 25.5 Å². The van der Waals surface area contributed by atoms with Gasteiger partial charge >= 0.3 is 0 Å². The summed E-state index contributed by atoms with van der Waals surface area (Å²) in [5.41, 5.74) is 4.20. The summed E-state index contributed by atoms with van der Waals surface area (Å²) in [4.78, 5) is 0. The van der Waals surface area contributed by atoms with Gasteiger partial charge in [-0.3, -0.25) is 0 Å². The standard InChI is InChI=1S/C25H32O6/c1-25(2,30)18-8-3-14(4-9-18)11-17-12-16(7-10-19(17)15-5-6-15)24-23(29)22(28)21(27)20(13-26)31-24/h3-4,7-10,12,15,20-24,26-30H,5-6,11,13H2,1-2H3/t20-,21-,22+,23-,24+/m1/s1. The van der Waals surface area contributed by atoms with Crippen molar-refractivity contribution in [2.24, 2.45) is 0 Å². The Morgan fingerprint density at radius 3 is 2.19 bits per heavy atom. The van der Waals surface area contributed by atoms with E-state index in [4.69, 9.17) is 4.74 Å².